The first-order valence-corrected chi connectivity index (χ1v) is 8.51. The van der Waals surface area contributed by atoms with E-state index in [0.717, 1.165) is 12.8 Å². The van der Waals surface area contributed by atoms with Gasteiger partial charge in [-0.2, -0.15) is 9.97 Å². The summed E-state index contributed by atoms with van der Waals surface area (Å²) in [5.41, 5.74) is 0. The molecule has 1 saturated heterocycles. The van der Waals surface area contributed by atoms with Gasteiger partial charge in [-0.25, -0.2) is 0 Å². The van der Waals surface area contributed by atoms with Gasteiger partial charge in [-0.3, -0.25) is 4.79 Å². The van der Waals surface area contributed by atoms with Crippen LogP contribution in [0.3, 0.4) is 0 Å². The lowest BCUT2D eigenvalue weighted by Crippen LogP contribution is -2.41. The summed E-state index contributed by atoms with van der Waals surface area (Å²) in [6.45, 7) is 7.16. The second-order valence-electron chi connectivity index (χ2n) is 6.55. The predicted octanol–water partition coefficient (Wildman–Crippen LogP) is 1.81. The lowest BCUT2D eigenvalue weighted by Gasteiger charge is -2.31. The molecule has 2 aromatic heterocycles. The molecule has 1 amide bonds. The maximum atomic E-state index is 12.4. The summed E-state index contributed by atoms with van der Waals surface area (Å²) in [7, 11) is 0. The van der Waals surface area contributed by atoms with Crippen LogP contribution < -0.4 is 0 Å². The highest BCUT2D eigenvalue weighted by atomic mass is 16.5. The molecule has 1 aliphatic rings. The Kier molecular flexibility index (Phi) is 5.42. The highest BCUT2D eigenvalue weighted by Crippen LogP contribution is 2.26. The summed E-state index contributed by atoms with van der Waals surface area (Å²) >= 11 is 0. The van der Waals surface area contributed by atoms with Crippen molar-refractivity contribution in [3.05, 3.63) is 23.4 Å². The van der Waals surface area contributed by atoms with Gasteiger partial charge >= 0.3 is 0 Å². The predicted molar refractivity (Wildman–Crippen MR) is 85.6 cm³/mol. The van der Waals surface area contributed by atoms with Crippen LogP contribution in [0.5, 0.6) is 0 Å². The molecule has 136 valence electrons. The van der Waals surface area contributed by atoms with Crippen molar-refractivity contribution in [1.82, 2.24) is 25.2 Å². The number of amides is 1. The van der Waals surface area contributed by atoms with Crippen molar-refractivity contribution in [3.8, 4) is 0 Å². The zero-order valence-electron chi connectivity index (χ0n) is 14.8. The first kappa shape index (κ1) is 17.5. The maximum absolute atomic E-state index is 12.4. The SMILES string of the molecule is Cc1noc(COCC(=O)N2CCC[C@@H](c3noc(C(C)C)n3)C2)n1. The second kappa shape index (κ2) is 7.73. The molecule has 9 nitrogen and oxygen atoms in total. The average Bonchev–Trinajstić information content (AvgIpc) is 3.24. The summed E-state index contributed by atoms with van der Waals surface area (Å²) in [6, 6.07) is 0. The summed E-state index contributed by atoms with van der Waals surface area (Å²) in [5.74, 6) is 2.48. The van der Waals surface area contributed by atoms with Crippen LogP contribution in [0.1, 0.15) is 62.0 Å². The van der Waals surface area contributed by atoms with E-state index in [4.69, 9.17) is 13.8 Å². The van der Waals surface area contributed by atoms with Crippen LogP contribution in [-0.2, 0) is 16.1 Å². The van der Waals surface area contributed by atoms with Gasteiger partial charge in [0.1, 0.15) is 13.2 Å². The standard InChI is InChI=1S/C16H23N5O4/c1-10(2)16-18-15(20-25-16)12-5-4-6-21(7-12)14(22)9-23-8-13-17-11(3)19-24-13/h10,12H,4-9H2,1-3H3/t12-/m1/s1. The van der Waals surface area contributed by atoms with Gasteiger partial charge in [-0.15, -0.1) is 0 Å². The van der Waals surface area contributed by atoms with Gasteiger partial charge in [0.25, 0.3) is 5.89 Å². The van der Waals surface area contributed by atoms with Crippen molar-refractivity contribution in [1.29, 1.82) is 0 Å². The van der Waals surface area contributed by atoms with E-state index in [-0.39, 0.29) is 31.0 Å². The number of rotatable bonds is 6. The van der Waals surface area contributed by atoms with Crippen molar-refractivity contribution in [2.75, 3.05) is 19.7 Å². The van der Waals surface area contributed by atoms with E-state index in [1.54, 1.807) is 11.8 Å². The van der Waals surface area contributed by atoms with Gasteiger partial charge < -0.3 is 18.7 Å². The summed E-state index contributed by atoms with van der Waals surface area (Å²) in [4.78, 5) is 22.6. The third-order valence-electron chi connectivity index (χ3n) is 4.11. The first-order valence-electron chi connectivity index (χ1n) is 8.51. The molecule has 1 fully saturated rings. The van der Waals surface area contributed by atoms with Crippen molar-refractivity contribution in [2.45, 2.75) is 52.1 Å². The van der Waals surface area contributed by atoms with Crippen LogP contribution in [-0.4, -0.2) is 50.8 Å². The largest absolute Gasteiger partial charge is 0.362 e. The molecule has 0 bridgehead atoms. The van der Waals surface area contributed by atoms with Crippen molar-refractivity contribution < 1.29 is 18.6 Å². The van der Waals surface area contributed by atoms with Crippen LogP contribution >= 0.6 is 0 Å². The lowest BCUT2D eigenvalue weighted by molar-refractivity contribution is -0.138. The van der Waals surface area contributed by atoms with Crippen molar-refractivity contribution in [3.63, 3.8) is 0 Å². The molecule has 0 spiro atoms. The number of nitrogens with zero attached hydrogens (tertiary/aromatic N) is 5. The molecule has 25 heavy (non-hydrogen) atoms. The molecule has 0 aliphatic carbocycles. The molecule has 0 radical (unpaired) electrons. The van der Waals surface area contributed by atoms with E-state index in [1.807, 2.05) is 13.8 Å². The smallest absolute Gasteiger partial charge is 0.252 e. The van der Waals surface area contributed by atoms with Crippen LogP contribution in [0.2, 0.25) is 0 Å². The number of aromatic nitrogens is 4. The van der Waals surface area contributed by atoms with Crippen molar-refractivity contribution in [2.24, 2.45) is 0 Å². The minimum Gasteiger partial charge on any atom is -0.362 e. The van der Waals surface area contributed by atoms with E-state index in [2.05, 4.69) is 20.3 Å². The third kappa shape index (κ3) is 4.41. The number of likely N-dealkylation sites (tertiary alicyclic amines) is 1. The zero-order chi connectivity index (χ0) is 17.8. The summed E-state index contributed by atoms with van der Waals surface area (Å²) in [5, 5.41) is 7.75. The number of piperidine rings is 1. The maximum Gasteiger partial charge on any atom is 0.252 e. The molecule has 0 aromatic carbocycles. The number of hydrogen-bond acceptors (Lipinski definition) is 8. The summed E-state index contributed by atoms with van der Waals surface area (Å²) < 4.78 is 15.6. The Labute approximate surface area is 145 Å². The minimum absolute atomic E-state index is 0.0162. The minimum atomic E-state index is -0.0616. The molecule has 1 atom stereocenters. The highest BCUT2D eigenvalue weighted by molar-refractivity contribution is 5.77. The molecule has 3 heterocycles. The van der Waals surface area contributed by atoms with E-state index < -0.39 is 0 Å². The molecule has 0 saturated carbocycles. The monoisotopic (exact) mass is 349 g/mol. The highest BCUT2D eigenvalue weighted by Gasteiger charge is 2.28. The molecule has 0 unspecified atom stereocenters. The average molecular weight is 349 g/mol. The lowest BCUT2D eigenvalue weighted by atomic mass is 9.97. The van der Waals surface area contributed by atoms with Gasteiger partial charge in [-0.05, 0) is 19.8 Å². The molecule has 0 N–H and O–H groups in total. The van der Waals surface area contributed by atoms with E-state index >= 15 is 0 Å². The molecule has 1 aliphatic heterocycles. The van der Waals surface area contributed by atoms with Gasteiger partial charge in [-0.1, -0.05) is 24.2 Å². The van der Waals surface area contributed by atoms with Crippen LogP contribution in [0.15, 0.2) is 9.05 Å². The number of hydrogen-bond donors (Lipinski definition) is 0. The van der Waals surface area contributed by atoms with Crippen LogP contribution in [0.25, 0.3) is 0 Å². The molecular weight excluding hydrogens is 326 g/mol. The number of carbonyl (C=O) groups is 1. The molecule has 3 rings (SSSR count). The van der Waals surface area contributed by atoms with Crippen molar-refractivity contribution >= 4 is 5.91 Å². The van der Waals surface area contributed by atoms with E-state index in [1.165, 1.54) is 0 Å². The molecular formula is C16H23N5O4. The van der Waals surface area contributed by atoms with Gasteiger partial charge in [0.05, 0.1) is 0 Å². The number of ether oxygens (including phenoxy) is 1. The van der Waals surface area contributed by atoms with Gasteiger partial charge in [0.2, 0.25) is 11.8 Å². The van der Waals surface area contributed by atoms with Crippen LogP contribution in [0, 0.1) is 6.92 Å². The Morgan fingerprint density at radius 1 is 1.32 bits per heavy atom. The van der Waals surface area contributed by atoms with Crippen LogP contribution in [0.4, 0.5) is 0 Å². The topological polar surface area (TPSA) is 107 Å². The first-order chi connectivity index (χ1) is 12.0. The third-order valence-corrected chi connectivity index (χ3v) is 4.11. The Hall–Kier alpha value is -2.29. The Morgan fingerprint density at radius 3 is 2.84 bits per heavy atom. The molecule has 2 aromatic rings. The fraction of sp³-hybridized carbons (Fsp3) is 0.688. The Morgan fingerprint density at radius 2 is 2.16 bits per heavy atom. The quantitative estimate of drug-likeness (QED) is 0.777. The Balaban J connectivity index is 1.50. The zero-order valence-corrected chi connectivity index (χ0v) is 14.8. The normalized spacial score (nSPS) is 18.1. The number of aryl methyl sites for hydroxylation is 1. The number of carbonyl (C=O) groups excluding carboxylic acids is 1. The van der Waals surface area contributed by atoms with Gasteiger partial charge in [0, 0.05) is 24.9 Å². The van der Waals surface area contributed by atoms with E-state index in [0.29, 0.717) is 36.5 Å². The molecule has 9 heteroatoms. The van der Waals surface area contributed by atoms with Gasteiger partial charge in [0.15, 0.2) is 11.6 Å². The fourth-order valence-electron chi connectivity index (χ4n) is 2.78. The Bertz CT molecular complexity index is 711. The summed E-state index contributed by atoms with van der Waals surface area (Å²) in [6.07, 6.45) is 1.85. The fourth-order valence-corrected chi connectivity index (χ4v) is 2.78. The second-order valence-corrected chi connectivity index (χ2v) is 6.55. The van der Waals surface area contributed by atoms with E-state index in [9.17, 15) is 4.79 Å².